The number of benzene rings is 2. The Morgan fingerprint density at radius 2 is 1.63 bits per heavy atom. The molecule has 0 aliphatic carbocycles. The van der Waals surface area contributed by atoms with Crippen molar-refractivity contribution in [3.63, 3.8) is 0 Å². The fourth-order valence-corrected chi connectivity index (χ4v) is 5.37. The van der Waals surface area contributed by atoms with E-state index in [1.807, 2.05) is 12.1 Å². The lowest BCUT2D eigenvalue weighted by Crippen LogP contribution is -2.50. The van der Waals surface area contributed by atoms with Gasteiger partial charge in [-0.1, -0.05) is 29.3 Å². The third-order valence-electron chi connectivity index (χ3n) is 4.20. The van der Waals surface area contributed by atoms with E-state index < -0.39 is 10.0 Å². The van der Waals surface area contributed by atoms with Gasteiger partial charge in [-0.15, -0.1) is 11.8 Å². The van der Waals surface area contributed by atoms with Crippen molar-refractivity contribution < 1.29 is 13.2 Å². The smallest absolute Gasteiger partial charge is 0.243 e. The number of piperazine rings is 1. The molecule has 0 atom stereocenters. The number of sulfonamides is 1. The molecule has 0 aromatic heterocycles. The highest BCUT2D eigenvalue weighted by Crippen LogP contribution is 2.23. The quantitative estimate of drug-likeness (QED) is 0.660. The van der Waals surface area contributed by atoms with Crippen molar-refractivity contribution in [2.75, 3.05) is 31.9 Å². The van der Waals surface area contributed by atoms with E-state index in [1.165, 1.54) is 28.2 Å². The highest BCUT2D eigenvalue weighted by molar-refractivity contribution is 8.00. The van der Waals surface area contributed by atoms with Crippen LogP contribution >= 0.6 is 35.0 Å². The molecule has 144 valence electrons. The zero-order chi connectivity index (χ0) is 19.4. The predicted molar refractivity (Wildman–Crippen MR) is 109 cm³/mol. The van der Waals surface area contributed by atoms with Crippen LogP contribution in [-0.2, 0) is 14.8 Å². The Labute approximate surface area is 173 Å². The fourth-order valence-electron chi connectivity index (χ4n) is 2.72. The number of rotatable bonds is 5. The first-order valence-electron chi connectivity index (χ1n) is 8.28. The van der Waals surface area contributed by atoms with Gasteiger partial charge in [0.15, 0.2) is 0 Å². The van der Waals surface area contributed by atoms with E-state index in [1.54, 1.807) is 29.2 Å². The van der Waals surface area contributed by atoms with Gasteiger partial charge in [-0.3, -0.25) is 4.79 Å². The molecule has 2 aromatic carbocycles. The van der Waals surface area contributed by atoms with Crippen LogP contribution in [0, 0.1) is 0 Å². The van der Waals surface area contributed by atoms with Gasteiger partial charge >= 0.3 is 0 Å². The molecule has 5 nitrogen and oxygen atoms in total. The van der Waals surface area contributed by atoms with Crippen LogP contribution in [0.3, 0.4) is 0 Å². The maximum Gasteiger partial charge on any atom is 0.243 e. The van der Waals surface area contributed by atoms with E-state index >= 15 is 0 Å². The maximum atomic E-state index is 12.7. The zero-order valence-corrected chi connectivity index (χ0v) is 17.5. The molecule has 27 heavy (non-hydrogen) atoms. The van der Waals surface area contributed by atoms with E-state index in [2.05, 4.69) is 0 Å². The molecule has 1 amide bonds. The summed E-state index contributed by atoms with van der Waals surface area (Å²) in [5, 5.41) is 1.03. The number of amides is 1. The maximum absolute atomic E-state index is 12.7. The Morgan fingerprint density at radius 1 is 0.963 bits per heavy atom. The molecule has 0 radical (unpaired) electrons. The third-order valence-corrected chi connectivity index (χ3v) is 7.58. The number of hydrogen-bond acceptors (Lipinski definition) is 4. The van der Waals surface area contributed by atoms with Gasteiger partial charge in [0.2, 0.25) is 15.9 Å². The van der Waals surface area contributed by atoms with Crippen LogP contribution < -0.4 is 0 Å². The monoisotopic (exact) mass is 444 g/mol. The molecule has 1 fully saturated rings. The van der Waals surface area contributed by atoms with Gasteiger partial charge in [-0.05, 0) is 42.5 Å². The summed E-state index contributed by atoms with van der Waals surface area (Å²) in [5.41, 5.74) is 0. The molecule has 3 rings (SSSR count). The lowest BCUT2D eigenvalue weighted by molar-refractivity contribution is -0.129. The number of carbonyl (C=O) groups is 1. The summed E-state index contributed by atoms with van der Waals surface area (Å²) in [6.45, 7) is 1.29. The lowest BCUT2D eigenvalue weighted by atomic mass is 10.3. The van der Waals surface area contributed by atoms with Gasteiger partial charge in [-0.2, -0.15) is 4.31 Å². The molecule has 0 spiro atoms. The van der Waals surface area contributed by atoms with Gasteiger partial charge in [0.05, 0.1) is 10.6 Å². The van der Waals surface area contributed by atoms with E-state index in [-0.39, 0.29) is 23.9 Å². The molecule has 1 aliphatic heterocycles. The Morgan fingerprint density at radius 3 is 2.26 bits per heavy atom. The number of halogens is 2. The molecular weight excluding hydrogens is 427 g/mol. The highest BCUT2D eigenvalue weighted by Gasteiger charge is 2.30. The van der Waals surface area contributed by atoms with Crippen LogP contribution in [0.5, 0.6) is 0 Å². The van der Waals surface area contributed by atoms with Crippen molar-refractivity contribution in [3.05, 3.63) is 58.6 Å². The normalized spacial score (nSPS) is 15.7. The summed E-state index contributed by atoms with van der Waals surface area (Å²) in [5.74, 6) is 0.303. The van der Waals surface area contributed by atoms with Gasteiger partial charge < -0.3 is 4.90 Å². The average Bonchev–Trinajstić information content (AvgIpc) is 2.67. The molecule has 9 heteroatoms. The zero-order valence-electron chi connectivity index (χ0n) is 14.3. The molecule has 1 heterocycles. The van der Waals surface area contributed by atoms with Gasteiger partial charge in [0.25, 0.3) is 0 Å². The first kappa shape index (κ1) is 20.5. The number of carbonyl (C=O) groups excluding carboxylic acids is 1. The second-order valence-corrected chi connectivity index (χ2v) is 9.84. The summed E-state index contributed by atoms with van der Waals surface area (Å²) >= 11 is 13.2. The third kappa shape index (κ3) is 5.18. The van der Waals surface area contributed by atoms with Crippen LogP contribution in [0.4, 0.5) is 0 Å². The summed E-state index contributed by atoms with van der Waals surface area (Å²) in [4.78, 5) is 15.2. The summed E-state index contributed by atoms with van der Waals surface area (Å²) in [6.07, 6.45) is 0. The van der Waals surface area contributed by atoms with Crippen molar-refractivity contribution in [2.24, 2.45) is 0 Å². The van der Waals surface area contributed by atoms with E-state index in [0.29, 0.717) is 28.9 Å². The molecular formula is C18H18Cl2N2O3S2. The molecule has 0 N–H and O–H groups in total. The molecule has 1 saturated heterocycles. The van der Waals surface area contributed by atoms with Crippen molar-refractivity contribution in [2.45, 2.75) is 9.79 Å². The second-order valence-electron chi connectivity index (χ2n) is 5.98. The molecule has 1 aliphatic rings. The first-order valence-corrected chi connectivity index (χ1v) is 11.5. The number of nitrogens with zero attached hydrogens (tertiary/aromatic N) is 2. The largest absolute Gasteiger partial charge is 0.339 e. The molecule has 0 saturated carbocycles. The highest BCUT2D eigenvalue weighted by atomic mass is 35.5. The van der Waals surface area contributed by atoms with E-state index in [4.69, 9.17) is 23.2 Å². The SMILES string of the molecule is O=C(CSc1ccc(Cl)cc1)N1CCN(S(=O)(=O)c2cccc(Cl)c2)CC1. The second kappa shape index (κ2) is 8.84. The van der Waals surface area contributed by atoms with Crippen molar-refractivity contribution in [3.8, 4) is 0 Å². The molecule has 0 unspecified atom stereocenters. The minimum absolute atomic E-state index is 0.00486. The van der Waals surface area contributed by atoms with Crippen LogP contribution in [0.15, 0.2) is 58.3 Å². The fraction of sp³-hybridized carbons (Fsp3) is 0.278. The first-order chi connectivity index (χ1) is 12.9. The van der Waals surface area contributed by atoms with Crippen LogP contribution in [0.1, 0.15) is 0 Å². The number of thioether (sulfide) groups is 1. The summed E-state index contributed by atoms with van der Waals surface area (Å²) in [7, 11) is -3.60. The lowest BCUT2D eigenvalue weighted by Gasteiger charge is -2.34. The predicted octanol–water partition coefficient (Wildman–Crippen LogP) is 3.62. The Hall–Kier alpha value is -1.25. The average molecular weight is 445 g/mol. The van der Waals surface area contributed by atoms with Crippen LogP contribution in [-0.4, -0.2) is 55.5 Å². The Bertz CT molecular complexity index is 912. The molecule has 2 aromatic rings. The van der Waals surface area contributed by atoms with E-state index in [9.17, 15) is 13.2 Å². The standard InChI is InChI=1S/C18H18Cl2N2O3S2/c19-14-4-6-16(7-5-14)26-13-18(23)21-8-10-22(11-9-21)27(24,25)17-3-1-2-15(20)12-17/h1-7,12H,8-11,13H2. The van der Waals surface area contributed by atoms with Crippen molar-refractivity contribution in [1.29, 1.82) is 0 Å². The van der Waals surface area contributed by atoms with Crippen molar-refractivity contribution in [1.82, 2.24) is 9.21 Å². The van der Waals surface area contributed by atoms with E-state index in [0.717, 1.165) is 4.90 Å². The molecule has 0 bridgehead atoms. The van der Waals surface area contributed by atoms with Crippen molar-refractivity contribution >= 4 is 50.9 Å². The minimum Gasteiger partial charge on any atom is -0.339 e. The van der Waals surface area contributed by atoms with Crippen LogP contribution in [0.25, 0.3) is 0 Å². The number of hydrogen-bond donors (Lipinski definition) is 0. The van der Waals surface area contributed by atoms with Gasteiger partial charge in [0, 0.05) is 41.1 Å². The summed E-state index contributed by atoms with van der Waals surface area (Å²) in [6, 6.07) is 13.5. The van der Waals surface area contributed by atoms with Crippen LogP contribution in [0.2, 0.25) is 10.0 Å². The van der Waals surface area contributed by atoms with Gasteiger partial charge in [-0.25, -0.2) is 8.42 Å². The summed E-state index contributed by atoms with van der Waals surface area (Å²) < 4.78 is 26.8. The topological polar surface area (TPSA) is 57.7 Å². The Kier molecular flexibility index (Phi) is 6.70. The van der Waals surface area contributed by atoms with Gasteiger partial charge in [0.1, 0.15) is 0 Å². The Balaban J connectivity index is 1.55. The minimum atomic E-state index is -3.60.